The van der Waals surface area contributed by atoms with Crippen LogP contribution in [0.5, 0.6) is 11.5 Å². The summed E-state index contributed by atoms with van der Waals surface area (Å²) in [6.45, 7) is 5.42. The van der Waals surface area contributed by atoms with E-state index in [4.69, 9.17) is 26.8 Å². The summed E-state index contributed by atoms with van der Waals surface area (Å²) in [5, 5.41) is 16.3. The first-order chi connectivity index (χ1) is 20.4. The van der Waals surface area contributed by atoms with Crippen LogP contribution in [-0.2, 0) is 15.9 Å². The number of aromatic nitrogens is 1. The number of ether oxygens (including phenoxy) is 2. The van der Waals surface area contributed by atoms with E-state index in [1.807, 2.05) is 13.8 Å². The number of alkyl halides is 3. The molecule has 0 bridgehead atoms. The summed E-state index contributed by atoms with van der Waals surface area (Å²) >= 11 is 5.94. The normalized spacial score (nSPS) is 13.4. The van der Waals surface area contributed by atoms with Gasteiger partial charge < -0.3 is 30.9 Å². The van der Waals surface area contributed by atoms with Crippen molar-refractivity contribution in [2.75, 3.05) is 20.3 Å². The molecule has 9 nitrogen and oxygen atoms in total. The maximum Gasteiger partial charge on any atom is 0.424 e. The van der Waals surface area contributed by atoms with E-state index >= 15 is 0 Å². The van der Waals surface area contributed by atoms with Gasteiger partial charge in [-0.1, -0.05) is 25.4 Å². The van der Waals surface area contributed by atoms with Crippen molar-refractivity contribution in [3.8, 4) is 22.8 Å². The highest BCUT2D eigenvalue weighted by molar-refractivity contribution is 6.31. The van der Waals surface area contributed by atoms with E-state index in [-0.39, 0.29) is 39.4 Å². The van der Waals surface area contributed by atoms with Crippen LogP contribution in [0.15, 0.2) is 48.5 Å². The third-order valence-corrected chi connectivity index (χ3v) is 6.89. The van der Waals surface area contributed by atoms with Crippen molar-refractivity contribution in [3.05, 3.63) is 76.2 Å². The van der Waals surface area contributed by atoms with Gasteiger partial charge in [0.2, 0.25) is 5.60 Å². The summed E-state index contributed by atoms with van der Waals surface area (Å²) in [5.74, 6) is -2.38. The molecule has 0 aliphatic carbocycles. The van der Waals surface area contributed by atoms with Crippen LogP contribution in [0.2, 0.25) is 5.02 Å². The van der Waals surface area contributed by atoms with Gasteiger partial charge in [0.1, 0.15) is 5.82 Å². The maximum atomic E-state index is 14.7. The van der Waals surface area contributed by atoms with Crippen molar-refractivity contribution in [3.63, 3.8) is 0 Å². The molecule has 14 heteroatoms. The molecule has 0 fully saturated rings. The Hall–Kier alpha value is -3.94. The van der Waals surface area contributed by atoms with Crippen LogP contribution in [0.3, 0.4) is 0 Å². The molecule has 44 heavy (non-hydrogen) atoms. The summed E-state index contributed by atoms with van der Waals surface area (Å²) < 4.78 is 68.2. The zero-order valence-electron chi connectivity index (χ0n) is 24.6. The number of aliphatic hydroxyl groups is 1. The number of carbonyl (C=O) groups is 2. The molecule has 1 aromatic heterocycles. The van der Waals surface area contributed by atoms with Crippen LogP contribution in [-0.4, -0.2) is 54.4 Å². The second-order valence-electron chi connectivity index (χ2n) is 10.8. The van der Waals surface area contributed by atoms with Crippen LogP contribution < -0.4 is 25.8 Å². The number of hydrogen-bond acceptors (Lipinski definition) is 7. The van der Waals surface area contributed by atoms with Gasteiger partial charge in [0.25, 0.3) is 11.8 Å². The van der Waals surface area contributed by atoms with E-state index in [1.165, 1.54) is 43.5 Å². The number of amides is 2. The second kappa shape index (κ2) is 13.4. The molecule has 0 saturated carbocycles. The largest absolute Gasteiger partial charge is 0.493 e. The zero-order valence-corrected chi connectivity index (χ0v) is 25.4. The minimum atomic E-state index is -5.30. The summed E-state index contributed by atoms with van der Waals surface area (Å²) in [5.41, 5.74) is 0.112. The Labute approximate surface area is 256 Å². The lowest BCUT2D eigenvalue weighted by Gasteiger charge is -2.34. The van der Waals surface area contributed by atoms with Crippen LogP contribution in [0.25, 0.3) is 11.3 Å². The lowest BCUT2D eigenvalue weighted by Crippen LogP contribution is -2.52. The standard InChI is InChI=1S/C30H33ClF4N4O5/c1-16(2)39-28(3,4)19-12-22(17-6-8-21(32)20(31)10-17)38-25(13-19)29(42,30(33,34)35)15-37-27(41)18-7-9-23(24(11-18)43-5)44-14-26(36)40/h6-13,16,39,42H,14-15H2,1-5H3,(H2,36,40)(H,37,41). The van der Waals surface area contributed by atoms with Crippen molar-refractivity contribution in [2.24, 2.45) is 5.73 Å². The Balaban J connectivity index is 2.06. The molecule has 0 aliphatic heterocycles. The molecule has 2 amide bonds. The molecule has 0 radical (unpaired) electrons. The molecule has 1 unspecified atom stereocenters. The number of rotatable bonds is 12. The first-order valence-corrected chi connectivity index (χ1v) is 13.7. The highest BCUT2D eigenvalue weighted by Gasteiger charge is 2.56. The number of nitrogens with zero attached hydrogens (tertiary/aromatic N) is 1. The molecule has 1 atom stereocenters. The summed E-state index contributed by atoms with van der Waals surface area (Å²) in [4.78, 5) is 28.1. The summed E-state index contributed by atoms with van der Waals surface area (Å²) in [6.07, 6.45) is -5.30. The zero-order chi connectivity index (χ0) is 33.0. The van der Waals surface area contributed by atoms with Crippen LogP contribution in [0, 0.1) is 5.82 Å². The molecule has 238 valence electrons. The number of nitrogens with one attached hydrogen (secondary N) is 2. The number of hydrogen-bond donors (Lipinski definition) is 4. The molecule has 0 spiro atoms. The number of methoxy groups -OCH3 is 1. The highest BCUT2D eigenvalue weighted by Crippen LogP contribution is 2.40. The predicted octanol–water partition coefficient (Wildman–Crippen LogP) is 4.83. The lowest BCUT2D eigenvalue weighted by molar-refractivity contribution is -0.265. The fourth-order valence-electron chi connectivity index (χ4n) is 4.43. The van der Waals surface area contributed by atoms with Crippen LogP contribution in [0.1, 0.15) is 49.3 Å². The van der Waals surface area contributed by atoms with Gasteiger partial charge in [0.05, 0.1) is 30.1 Å². The van der Waals surface area contributed by atoms with Crippen LogP contribution in [0.4, 0.5) is 17.6 Å². The highest BCUT2D eigenvalue weighted by atomic mass is 35.5. The third-order valence-electron chi connectivity index (χ3n) is 6.61. The summed E-state index contributed by atoms with van der Waals surface area (Å²) in [7, 11) is 1.26. The predicted molar refractivity (Wildman–Crippen MR) is 156 cm³/mol. The molecule has 3 rings (SSSR count). The average molecular weight is 641 g/mol. The quantitative estimate of drug-likeness (QED) is 0.208. The van der Waals surface area contributed by atoms with Gasteiger partial charge in [-0.2, -0.15) is 13.2 Å². The van der Waals surface area contributed by atoms with Crippen LogP contribution >= 0.6 is 11.6 Å². The molecule has 2 aromatic carbocycles. The number of carbonyl (C=O) groups excluding carboxylic acids is 2. The number of halogens is 5. The molecular weight excluding hydrogens is 608 g/mol. The van der Waals surface area contributed by atoms with Gasteiger partial charge >= 0.3 is 6.18 Å². The molecule has 1 heterocycles. The van der Waals surface area contributed by atoms with E-state index in [1.54, 1.807) is 13.8 Å². The monoisotopic (exact) mass is 640 g/mol. The molecule has 5 N–H and O–H groups in total. The smallest absolute Gasteiger partial charge is 0.424 e. The van der Waals surface area contributed by atoms with Gasteiger partial charge in [-0.05, 0) is 67.9 Å². The number of primary amides is 1. The van der Waals surface area contributed by atoms with Crippen molar-refractivity contribution in [2.45, 2.75) is 51.1 Å². The van der Waals surface area contributed by atoms with E-state index in [9.17, 15) is 32.3 Å². The Kier molecular flexibility index (Phi) is 10.5. The van der Waals surface area contributed by atoms with Crippen molar-refractivity contribution in [1.82, 2.24) is 15.6 Å². The number of benzene rings is 2. The SMILES string of the molecule is COc1cc(C(=O)NCC(O)(c2cc(C(C)(C)NC(C)C)cc(-c3ccc(F)c(Cl)c3)n2)C(F)(F)F)ccc1OCC(N)=O. The average Bonchev–Trinajstić information content (AvgIpc) is 2.94. The minimum Gasteiger partial charge on any atom is -0.493 e. The molecular formula is C30H33ClF4N4O5. The van der Waals surface area contributed by atoms with E-state index in [2.05, 4.69) is 15.6 Å². The Morgan fingerprint density at radius 2 is 1.75 bits per heavy atom. The molecule has 0 aliphatic rings. The van der Waals surface area contributed by atoms with Crippen molar-refractivity contribution >= 4 is 23.4 Å². The van der Waals surface area contributed by atoms with Crippen molar-refractivity contribution in [1.29, 1.82) is 0 Å². The molecule has 0 saturated heterocycles. The second-order valence-corrected chi connectivity index (χ2v) is 11.2. The van der Waals surface area contributed by atoms with Gasteiger partial charge in [-0.3, -0.25) is 9.59 Å². The first kappa shape index (κ1) is 34.5. The fourth-order valence-corrected chi connectivity index (χ4v) is 4.62. The van der Waals surface area contributed by atoms with E-state index < -0.39 is 53.8 Å². The van der Waals surface area contributed by atoms with Gasteiger partial charge in [0, 0.05) is 22.7 Å². The van der Waals surface area contributed by atoms with E-state index in [0.717, 1.165) is 12.1 Å². The van der Waals surface area contributed by atoms with Gasteiger partial charge in [-0.15, -0.1) is 0 Å². The topological polar surface area (TPSA) is 136 Å². The van der Waals surface area contributed by atoms with E-state index in [0.29, 0.717) is 5.56 Å². The van der Waals surface area contributed by atoms with Gasteiger partial charge in [-0.25, -0.2) is 9.37 Å². The lowest BCUT2D eigenvalue weighted by atomic mass is 9.88. The fraction of sp³-hybridized carbons (Fsp3) is 0.367. The van der Waals surface area contributed by atoms with Gasteiger partial charge in [0.15, 0.2) is 18.1 Å². The number of pyridine rings is 1. The first-order valence-electron chi connectivity index (χ1n) is 13.3. The maximum absolute atomic E-state index is 14.7. The Morgan fingerprint density at radius 3 is 2.32 bits per heavy atom. The Morgan fingerprint density at radius 1 is 1.07 bits per heavy atom. The Bertz CT molecular complexity index is 1530. The summed E-state index contributed by atoms with van der Waals surface area (Å²) in [6, 6.07) is 9.83. The van der Waals surface area contributed by atoms with Crippen molar-refractivity contribution < 1.29 is 41.7 Å². The minimum absolute atomic E-state index is 0.0108. The number of nitrogens with two attached hydrogens (primary N) is 1. The third kappa shape index (κ3) is 7.96. The molecule has 3 aromatic rings.